The Kier molecular flexibility index (Phi) is 8.43. The van der Waals surface area contributed by atoms with Crippen LogP contribution in [0.3, 0.4) is 0 Å². The number of benzene rings is 1. The fourth-order valence-corrected chi connectivity index (χ4v) is 3.28. The molecule has 0 fully saturated rings. The second kappa shape index (κ2) is 9.54. The quantitative estimate of drug-likeness (QED) is 0.729. The number of methoxy groups -OCH3 is 1. The molecule has 1 aromatic rings. The van der Waals surface area contributed by atoms with Gasteiger partial charge in [-0.15, -0.1) is 0 Å². The van der Waals surface area contributed by atoms with Gasteiger partial charge in [-0.2, -0.15) is 11.8 Å². The maximum atomic E-state index is 6.10. The molecular formula is C16H26ClNOS. The van der Waals surface area contributed by atoms with Crippen molar-refractivity contribution in [1.82, 2.24) is 5.32 Å². The Bertz CT molecular complexity index is 400. The smallest absolute Gasteiger partial charge is 0.122 e. The largest absolute Gasteiger partial charge is 0.496 e. The lowest BCUT2D eigenvalue weighted by molar-refractivity contribution is 0.406. The topological polar surface area (TPSA) is 21.3 Å². The molecule has 1 rings (SSSR count). The van der Waals surface area contributed by atoms with Gasteiger partial charge in [-0.3, -0.25) is 0 Å². The van der Waals surface area contributed by atoms with Crippen LogP contribution in [0.15, 0.2) is 18.2 Å². The fourth-order valence-electron chi connectivity index (χ4n) is 2.05. The van der Waals surface area contributed by atoms with Gasteiger partial charge in [-0.25, -0.2) is 0 Å². The number of hydrogen-bond acceptors (Lipinski definition) is 3. The molecule has 0 saturated carbocycles. The van der Waals surface area contributed by atoms with Crippen LogP contribution in [0.4, 0.5) is 0 Å². The predicted molar refractivity (Wildman–Crippen MR) is 91.4 cm³/mol. The summed E-state index contributed by atoms with van der Waals surface area (Å²) in [5.74, 6) is 2.03. The van der Waals surface area contributed by atoms with E-state index in [-0.39, 0.29) is 0 Å². The molecule has 0 heterocycles. The number of likely N-dealkylation sites (N-methyl/N-ethyl adjacent to an activating group) is 1. The monoisotopic (exact) mass is 315 g/mol. The third-order valence-electron chi connectivity index (χ3n) is 3.36. The molecule has 1 N–H and O–H groups in total. The molecule has 114 valence electrons. The molecule has 4 heteroatoms. The van der Waals surface area contributed by atoms with Gasteiger partial charge in [0.2, 0.25) is 0 Å². The van der Waals surface area contributed by atoms with Crippen molar-refractivity contribution in [3.8, 4) is 5.75 Å². The van der Waals surface area contributed by atoms with Crippen molar-refractivity contribution < 1.29 is 4.74 Å². The maximum absolute atomic E-state index is 6.10. The lowest BCUT2D eigenvalue weighted by Gasteiger charge is -2.21. The van der Waals surface area contributed by atoms with Gasteiger partial charge in [0.1, 0.15) is 5.75 Å². The zero-order valence-corrected chi connectivity index (χ0v) is 14.5. The van der Waals surface area contributed by atoms with Crippen molar-refractivity contribution in [1.29, 1.82) is 0 Å². The summed E-state index contributed by atoms with van der Waals surface area (Å²) in [5.41, 5.74) is 1.18. The summed E-state index contributed by atoms with van der Waals surface area (Å²) in [7, 11) is 1.71. The first-order chi connectivity index (χ1) is 9.60. The van der Waals surface area contributed by atoms with E-state index < -0.39 is 0 Å². The number of ether oxygens (including phenoxy) is 1. The van der Waals surface area contributed by atoms with E-state index in [1.54, 1.807) is 7.11 Å². The Hall–Kier alpha value is -0.380. The van der Waals surface area contributed by atoms with Gasteiger partial charge in [-0.05, 0) is 43.1 Å². The van der Waals surface area contributed by atoms with Gasteiger partial charge in [0.15, 0.2) is 0 Å². The summed E-state index contributed by atoms with van der Waals surface area (Å²) in [6.45, 7) is 7.65. The van der Waals surface area contributed by atoms with Crippen molar-refractivity contribution in [2.75, 3.05) is 19.4 Å². The minimum absolute atomic E-state index is 0.450. The number of thioether (sulfide) groups is 1. The average molecular weight is 316 g/mol. The van der Waals surface area contributed by atoms with E-state index in [1.807, 2.05) is 30.0 Å². The van der Waals surface area contributed by atoms with Gasteiger partial charge >= 0.3 is 0 Å². The van der Waals surface area contributed by atoms with Crippen LogP contribution in [0.2, 0.25) is 5.02 Å². The minimum atomic E-state index is 0.450. The Morgan fingerprint density at radius 2 is 2.10 bits per heavy atom. The number of rotatable bonds is 9. The van der Waals surface area contributed by atoms with Gasteiger partial charge in [0, 0.05) is 22.1 Å². The predicted octanol–water partition coefficient (Wildman–Crippen LogP) is 4.40. The molecule has 0 spiro atoms. The third kappa shape index (κ3) is 5.94. The highest BCUT2D eigenvalue weighted by molar-refractivity contribution is 7.99. The maximum Gasteiger partial charge on any atom is 0.122 e. The van der Waals surface area contributed by atoms with Crippen LogP contribution in [0.1, 0.15) is 32.8 Å². The molecule has 0 saturated heterocycles. The Balaban J connectivity index is 2.71. The summed E-state index contributed by atoms with van der Waals surface area (Å²) >= 11 is 8.13. The average Bonchev–Trinajstić information content (AvgIpc) is 2.45. The van der Waals surface area contributed by atoms with Crippen LogP contribution in [0.5, 0.6) is 5.75 Å². The van der Waals surface area contributed by atoms with Crippen LogP contribution in [-0.4, -0.2) is 30.7 Å². The normalized spacial score (nSPS) is 14.1. The summed E-state index contributed by atoms with van der Waals surface area (Å²) in [6, 6.07) is 6.28. The molecule has 1 aromatic carbocycles. The molecule has 20 heavy (non-hydrogen) atoms. The minimum Gasteiger partial charge on any atom is -0.496 e. The molecule has 0 bridgehead atoms. The second-order valence-electron chi connectivity index (χ2n) is 4.97. The summed E-state index contributed by atoms with van der Waals surface area (Å²) < 4.78 is 5.43. The first-order valence-electron chi connectivity index (χ1n) is 7.28. The van der Waals surface area contributed by atoms with Crippen molar-refractivity contribution in [2.24, 2.45) is 0 Å². The number of hydrogen-bond donors (Lipinski definition) is 1. The van der Waals surface area contributed by atoms with Gasteiger partial charge in [-0.1, -0.05) is 32.4 Å². The van der Waals surface area contributed by atoms with Crippen molar-refractivity contribution >= 4 is 23.4 Å². The van der Waals surface area contributed by atoms with Crippen LogP contribution >= 0.6 is 23.4 Å². The van der Waals surface area contributed by atoms with E-state index in [9.17, 15) is 0 Å². The number of nitrogens with one attached hydrogen (secondary N) is 1. The third-order valence-corrected chi connectivity index (χ3v) is 5.09. The standard InChI is InChI=1S/C16H26ClNOS/c1-5-12(3)20-11-15(18-6-2)10-13-9-14(17)7-8-16(13)19-4/h7-9,12,15,18H,5-6,10-11H2,1-4H3. The van der Waals surface area contributed by atoms with Gasteiger partial charge in [0.05, 0.1) is 7.11 Å². The molecule has 0 aliphatic carbocycles. The van der Waals surface area contributed by atoms with Crippen molar-refractivity contribution in [2.45, 2.75) is 44.9 Å². The molecule has 0 amide bonds. The Morgan fingerprint density at radius 3 is 2.70 bits per heavy atom. The molecule has 2 unspecified atom stereocenters. The van der Waals surface area contributed by atoms with Crippen LogP contribution < -0.4 is 10.1 Å². The highest BCUT2D eigenvalue weighted by Crippen LogP contribution is 2.25. The van der Waals surface area contributed by atoms with Gasteiger partial charge < -0.3 is 10.1 Å². The lowest BCUT2D eigenvalue weighted by atomic mass is 10.1. The second-order valence-corrected chi connectivity index (χ2v) is 6.87. The van der Waals surface area contributed by atoms with E-state index in [0.29, 0.717) is 11.3 Å². The van der Waals surface area contributed by atoms with E-state index in [2.05, 4.69) is 26.1 Å². The van der Waals surface area contributed by atoms with E-state index >= 15 is 0 Å². The molecule has 0 aliphatic rings. The molecule has 0 radical (unpaired) electrons. The molecule has 2 nitrogen and oxygen atoms in total. The molecule has 0 aliphatic heterocycles. The SMILES string of the molecule is CCNC(CSC(C)CC)Cc1cc(Cl)ccc1OC. The summed E-state index contributed by atoms with van der Waals surface area (Å²) in [6.07, 6.45) is 2.16. The highest BCUT2D eigenvalue weighted by atomic mass is 35.5. The van der Waals surface area contributed by atoms with Gasteiger partial charge in [0.25, 0.3) is 0 Å². The van der Waals surface area contributed by atoms with Crippen molar-refractivity contribution in [3.63, 3.8) is 0 Å². The first-order valence-corrected chi connectivity index (χ1v) is 8.70. The Labute approximate surface area is 132 Å². The van der Waals surface area contributed by atoms with Crippen LogP contribution in [-0.2, 0) is 6.42 Å². The van der Waals surface area contributed by atoms with Crippen LogP contribution in [0, 0.1) is 0 Å². The first kappa shape index (κ1) is 17.7. The highest BCUT2D eigenvalue weighted by Gasteiger charge is 2.14. The van der Waals surface area contributed by atoms with Crippen LogP contribution in [0.25, 0.3) is 0 Å². The summed E-state index contributed by atoms with van der Waals surface area (Å²) in [4.78, 5) is 0. The van der Waals surface area contributed by atoms with E-state index in [1.165, 1.54) is 12.0 Å². The zero-order chi connectivity index (χ0) is 15.0. The Morgan fingerprint density at radius 1 is 1.35 bits per heavy atom. The fraction of sp³-hybridized carbons (Fsp3) is 0.625. The van der Waals surface area contributed by atoms with E-state index in [4.69, 9.17) is 16.3 Å². The molecular weight excluding hydrogens is 290 g/mol. The number of halogens is 1. The molecule has 2 atom stereocenters. The zero-order valence-electron chi connectivity index (χ0n) is 12.9. The van der Waals surface area contributed by atoms with Crippen molar-refractivity contribution in [3.05, 3.63) is 28.8 Å². The lowest BCUT2D eigenvalue weighted by Crippen LogP contribution is -2.33. The van der Waals surface area contributed by atoms with E-state index in [0.717, 1.165) is 29.5 Å². The summed E-state index contributed by atoms with van der Waals surface area (Å²) in [5, 5.41) is 5.04. The molecule has 0 aromatic heterocycles.